The van der Waals surface area contributed by atoms with Crippen LogP contribution in [0.5, 0.6) is 0 Å². The van der Waals surface area contributed by atoms with Crippen LogP contribution in [0.4, 0.5) is 0 Å². The Morgan fingerprint density at radius 3 is 3.00 bits per heavy atom. The molecule has 16 heavy (non-hydrogen) atoms. The molecule has 0 aliphatic heterocycles. The first-order valence-electron chi connectivity index (χ1n) is 4.65. The smallest absolute Gasteiger partial charge is 0.258 e. The van der Waals surface area contributed by atoms with Crippen molar-refractivity contribution in [2.24, 2.45) is 7.05 Å². The van der Waals surface area contributed by atoms with E-state index in [1.54, 1.807) is 13.2 Å². The summed E-state index contributed by atoms with van der Waals surface area (Å²) in [4.78, 5) is 5.80. The molecule has 5 nitrogen and oxygen atoms in total. The molecule has 0 bridgehead atoms. The van der Waals surface area contributed by atoms with E-state index >= 15 is 0 Å². The summed E-state index contributed by atoms with van der Waals surface area (Å²) in [6.45, 7) is 0. The Hall–Kier alpha value is -1.44. The number of oxazole rings is 1. The number of aryl methyl sites for hydroxylation is 1. The lowest BCUT2D eigenvalue weighted by Crippen LogP contribution is -1.91. The number of fused-ring (bicyclic) bond motifs is 1. The van der Waals surface area contributed by atoms with E-state index in [2.05, 4.69) is 37.8 Å². The Kier molecular flexibility index (Phi) is 2.16. The van der Waals surface area contributed by atoms with E-state index in [1.165, 1.54) is 4.80 Å². The number of halogens is 1. The van der Waals surface area contributed by atoms with Crippen molar-refractivity contribution in [1.82, 2.24) is 20.0 Å². The molecule has 0 saturated heterocycles. The van der Waals surface area contributed by atoms with E-state index in [-0.39, 0.29) is 0 Å². The van der Waals surface area contributed by atoms with Gasteiger partial charge >= 0.3 is 0 Å². The summed E-state index contributed by atoms with van der Waals surface area (Å²) in [6.07, 6.45) is 1.73. The zero-order valence-corrected chi connectivity index (χ0v) is 10.5. The molecule has 0 amide bonds. The third-order valence-corrected chi connectivity index (χ3v) is 2.72. The predicted molar refractivity (Wildman–Crippen MR) is 66.7 cm³/mol. The summed E-state index contributed by atoms with van der Waals surface area (Å²) in [5.41, 5.74) is 3.46. The molecule has 0 saturated carbocycles. The van der Waals surface area contributed by atoms with E-state index in [1.807, 2.05) is 18.2 Å². The van der Waals surface area contributed by atoms with Gasteiger partial charge in [-0.1, -0.05) is 0 Å². The Bertz CT molecular complexity index is 658. The van der Waals surface area contributed by atoms with Gasteiger partial charge in [-0.05, 0) is 18.2 Å². The number of nitrogens with zero attached hydrogens (tertiary/aromatic N) is 4. The molecule has 2 heterocycles. The minimum Gasteiger partial charge on any atom is -0.432 e. The third kappa shape index (κ3) is 1.58. The zero-order chi connectivity index (χ0) is 11.1. The molecule has 0 spiro atoms. The number of hydrogen-bond acceptors (Lipinski definition) is 4. The van der Waals surface area contributed by atoms with Crippen LogP contribution in [0.1, 0.15) is 0 Å². The quantitative estimate of drug-likeness (QED) is 0.644. The van der Waals surface area contributed by atoms with Gasteiger partial charge < -0.3 is 4.42 Å². The van der Waals surface area contributed by atoms with E-state index in [9.17, 15) is 0 Å². The largest absolute Gasteiger partial charge is 0.432 e. The molecule has 1 aromatic carbocycles. The molecule has 6 heteroatoms. The Morgan fingerprint density at radius 2 is 2.25 bits per heavy atom. The lowest BCUT2D eigenvalue weighted by molar-refractivity contribution is 0.566. The van der Waals surface area contributed by atoms with Crippen molar-refractivity contribution in [1.29, 1.82) is 0 Å². The topological polar surface area (TPSA) is 56.7 Å². The number of rotatable bonds is 1. The van der Waals surface area contributed by atoms with E-state index in [0.29, 0.717) is 3.90 Å². The van der Waals surface area contributed by atoms with Crippen molar-refractivity contribution in [2.75, 3.05) is 0 Å². The minimum absolute atomic E-state index is 0.642. The highest BCUT2D eigenvalue weighted by atomic mass is 127. The van der Waals surface area contributed by atoms with E-state index in [4.69, 9.17) is 4.42 Å². The summed E-state index contributed by atoms with van der Waals surface area (Å²) in [5, 5.41) is 8.28. The number of benzene rings is 1. The van der Waals surface area contributed by atoms with Gasteiger partial charge in [-0.15, -0.1) is 0 Å². The average molecular weight is 326 g/mol. The van der Waals surface area contributed by atoms with Crippen LogP contribution in [0.15, 0.2) is 28.8 Å². The zero-order valence-electron chi connectivity index (χ0n) is 8.38. The average Bonchev–Trinajstić information content (AvgIpc) is 2.81. The van der Waals surface area contributed by atoms with Gasteiger partial charge in [-0.3, -0.25) is 0 Å². The van der Waals surface area contributed by atoms with Crippen LogP contribution in [0, 0.1) is 3.90 Å². The minimum atomic E-state index is 0.642. The highest BCUT2D eigenvalue weighted by Crippen LogP contribution is 2.23. The fourth-order valence-electron chi connectivity index (χ4n) is 1.54. The monoisotopic (exact) mass is 326 g/mol. The number of hydrogen-bond donors (Lipinski definition) is 0. The first kappa shape index (κ1) is 9.76. The van der Waals surface area contributed by atoms with Crippen molar-refractivity contribution >= 4 is 33.7 Å². The summed E-state index contributed by atoms with van der Waals surface area (Å²) >= 11 is 2.05. The second kappa shape index (κ2) is 3.55. The highest BCUT2D eigenvalue weighted by molar-refractivity contribution is 14.1. The first-order valence-corrected chi connectivity index (χ1v) is 5.73. The molecule has 0 atom stereocenters. The molecule has 3 rings (SSSR count). The molecule has 0 N–H and O–H groups in total. The first-order chi connectivity index (χ1) is 7.72. The molecule has 80 valence electrons. The van der Waals surface area contributed by atoms with Crippen molar-refractivity contribution in [2.45, 2.75) is 0 Å². The summed E-state index contributed by atoms with van der Waals surface area (Å²) in [6, 6.07) is 5.80. The molecule has 0 radical (unpaired) electrons. The maximum Gasteiger partial charge on any atom is 0.258 e. The van der Waals surface area contributed by atoms with Crippen LogP contribution in [0.2, 0.25) is 0 Å². The molecular weight excluding hydrogens is 319 g/mol. The molecule has 2 aromatic heterocycles. The van der Waals surface area contributed by atoms with Crippen LogP contribution in [-0.2, 0) is 7.05 Å². The molecule has 0 unspecified atom stereocenters. The molecule has 0 aliphatic carbocycles. The Labute approximate surface area is 105 Å². The summed E-state index contributed by atoms with van der Waals surface area (Å²) in [5.74, 6) is 0. The van der Waals surface area contributed by atoms with Crippen LogP contribution in [0.3, 0.4) is 0 Å². The lowest BCUT2D eigenvalue weighted by atomic mass is 10.1. The molecule has 3 aromatic rings. The van der Waals surface area contributed by atoms with Crippen LogP contribution in [0.25, 0.3) is 22.4 Å². The fraction of sp³-hybridized carbons (Fsp3) is 0.100. The normalized spacial score (nSPS) is 11.1. The number of aromatic nitrogens is 4. The highest BCUT2D eigenvalue weighted by Gasteiger charge is 2.07. The van der Waals surface area contributed by atoms with Gasteiger partial charge in [0.15, 0.2) is 5.58 Å². The maximum atomic E-state index is 5.40. The van der Waals surface area contributed by atoms with Crippen molar-refractivity contribution in [3.8, 4) is 11.3 Å². The second-order valence-electron chi connectivity index (χ2n) is 3.37. The summed E-state index contributed by atoms with van der Waals surface area (Å²) < 4.78 is 6.04. The second-order valence-corrected chi connectivity index (χ2v) is 4.29. The Balaban J connectivity index is 2.17. The molecule has 0 fully saturated rings. The van der Waals surface area contributed by atoms with Crippen LogP contribution < -0.4 is 0 Å². The Morgan fingerprint density at radius 1 is 1.38 bits per heavy atom. The van der Waals surface area contributed by atoms with Gasteiger partial charge in [0.25, 0.3) is 3.90 Å². The van der Waals surface area contributed by atoms with Gasteiger partial charge in [-0.2, -0.15) is 15.0 Å². The van der Waals surface area contributed by atoms with Gasteiger partial charge in [0.1, 0.15) is 11.2 Å². The van der Waals surface area contributed by atoms with Crippen molar-refractivity contribution in [3.63, 3.8) is 0 Å². The van der Waals surface area contributed by atoms with Gasteiger partial charge in [0.2, 0.25) is 0 Å². The summed E-state index contributed by atoms with van der Waals surface area (Å²) in [7, 11) is 1.79. The third-order valence-electron chi connectivity index (χ3n) is 2.26. The fourth-order valence-corrected chi connectivity index (χ4v) is 2.03. The predicted octanol–water partition coefficient (Wildman–Crippen LogP) is 2.23. The van der Waals surface area contributed by atoms with Gasteiger partial charge in [0, 0.05) is 35.2 Å². The van der Waals surface area contributed by atoms with E-state index in [0.717, 1.165) is 22.4 Å². The standard InChI is InChI=1S/C10H7IN4O/c1-15-12-5-8(14-15)6-2-3-9-7(4-6)13-10(11)16-9/h2-5H,1H3. The maximum absolute atomic E-state index is 5.40. The van der Waals surface area contributed by atoms with Gasteiger partial charge in [-0.25, -0.2) is 4.98 Å². The van der Waals surface area contributed by atoms with Crippen molar-refractivity contribution < 1.29 is 4.42 Å². The van der Waals surface area contributed by atoms with E-state index < -0.39 is 0 Å². The SMILES string of the molecule is Cn1ncc(-c2ccc3oc(I)nc3c2)n1. The van der Waals surface area contributed by atoms with Crippen LogP contribution >= 0.6 is 22.6 Å². The van der Waals surface area contributed by atoms with Crippen molar-refractivity contribution in [3.05, 3.63) is 28.3 Å². The van der Waals surface area contributed by atoms with Crippen LogP contribution in [-0.4, -0.2) is 20.0 Å². The molecular formula is C10H7IN4O. The van der Waals surface area contributed by atoms with Gasteiger partial charge in [0.05, 0.1) is 6.20 Å². The lowest BCUT2D eigenvalue weighted by Gasteiger charge is -1.94. The molecule has 0 aliphatic rings.